The maximum atomic E-state index is 12.5. The fraction of sp³-hybridized carbons (Fsp3) is 0.464. The molecule has 0 aliphatic rings. The van der Waals surface area contributed by atoms with Crippen LogP contribution in [0.4, 0.5) is 4.39 Å². The minimum absolute atomic E-state index is 0. The van der Waals surface area contributed by atoms with E-state index in [0.717, 1.165) is 52.0 Å². The van der Waals surface area contributed by atoms with Crippen LogP contribution < -0.4 is 26.6 Å². The average Bonchev–Trinajstić information content (AvgIpc) is 3.23. The maximum absolute atomic E-state index is 12.5. The molecule has 6 heteroatoms. The summed E-state index contributed by atoms with van der Waals surface area (Å²) in [6.45, 7) is 30.8. The van der Waals surface area contributed by atoms with Gasteiger partial charge in [-0.2, -0.15) is 0 Å². The molecule has 0 amide bonds. The molecule has 0 radical (unpaired) electrons. The Morgan fingerprint density at radius 3 is 0.919 bits per heavy atom. The van der Waals surface area contributed by atoms with E-state index in [2.05, 4.69) is 213 Å². The van der Waals surface area contributed by atoms with Crippen LogP contribution in [0.5, 0.6) is 0 Å². The fourth-order valence-corrected chi connectivity index (χ4v) is 5.51. The first-order valence-corrected chi connectivity index (χ1v) is 22.7. The highest BCUT2D eigenvalue weighted by atomic mass is 19.1. The van der Waals surface area contributed by atoms with Crippen molar-refractivity contribution in [3.63, 3.8) is 0 Å². The first kappa shape index (κ1) is 57.8. The second kappa shape index (κ2) is 36.3. The minimum Gasteiger partial charge on any atom is -0.314 e. The van der Waals surface area contributed by atoms with Gasteiger partial charge in [0.05, 0.1) is 0 Å². The predicted octanol–water partition coefficient (Wildman–Crippen LogP) is 12.4. The summed E-state index contributed by atoms with van der Waals surface area (Å²) >= 11 is 0. The van der Waals surface area contributed by atoms with E-state index in [0.29, 0.717) is 30.2 Å². The number of benzene rings is 5. The third-order valence-corrected chi connectivity index (χ3v) is 9.17. The summed E-state index contributed by atoms with van der Waals surface area (Å²) in [6, 6.07) is 47.9. The van der Waals surface area contributed by atoms with E-state index < -0.39 is 0 Å². The molecule has 0 spiro atoms. The van der Waals surface area contributed by atoms with Gasteiger partial charge in [-0.1, -0.05) is 209 Å². The normalized spacial score (nSPS) is 10.5. The third kappa shape index (κ3) is 34.4. The summed E-state index contributed by atoms with van der Waals surface area (Å²) in [7, 11) is 0. The topological polar surface area (TPSA) is 60.1 Å². The van der Waals surface area contributed by atoms with E-state index in [-0.39, 0.29) is 13.2 Å². The molecule has 0 saturated heterocycles. The molecule has 62 heavy (non-hydrogen) atoms. The summed E-state index contributed by atoms with van der Waals surface area (Å²) in [6.07, 6.45) is 3.20. The van der Waals surface area contributed by atoms with Crippen LogP contribution in [-0.2, 0) is 32.4 Å². The molecule has 0 aliphatic carbocycles. The molecule has 0 saturated carbocycles. The maximum Gasteiger partial charge on any atom is 0.123 e. The summed E-state index contributed by atoms with van der Waals surface area (Å²) in [5, 5.41) is 16.9. The molecule has 0 bridgehead atoms. The number of nitrogens with one attached hydrogen (secondary N) is 5. The zero-order valence-corrected chi connectivity index (χ0v) is 40.1. The van der Waals surface area contributed by atoms with Gasteiger partial charge < -0.3 is 26.6 Å². The summed E-state index contributed by atoms with van der Waals surface area (Å²) in [5.74, 6) is -0.166. The second-order valence-corrected chi connectivity index (χ2v) is 17.2. The molecular weight excluding hydrogens is 762 g/mol. The van der Waals surface area contributed by atoms with Crippen LogP contribution in [0.1, 0.15) is 116 Å². The van der Waals surface area contributed by atoms with Gasteiger partial charge in [0.15, 0.2) is 0 Å². The molecule has 0 aliphatic heterocycles. The van der Waals surface area contributed by atoms with E-state index in [9.17, 15) is 4.39 Å². The second-order valence-electron chi connectivity index (χ2n) is 17.2. The Balaban J connectivity index is 0.000000748. The SMILES string of the molecule is C.CC(C)NCCc1ccc(F)cc1.CC(C)NCCc1ccccc1.CC(C)NCc1ccccc1.Cc1ccc(CCNC(C)C)cc1.Cc1ccc(CNC(C)C)cc1. The van der Waals surface area contributed by atoms with Gasteiger partial charge in [0.25, 0.3) is 0 Å². The lowest BCUT2D eigenvalue weighted by Gasteiger charge is -2.07. The van der Waals surface area contributed by atoms with E-state index >= 15 is 0 Å². The molecule has 5 N–H and O–H groups in total. The molecule has 5 aromatic rings. The van der Waals surface area contributed by atoms with Crippen molar-refractivity contribution in [3.05, 3.63) is 178 Å². The van der Waals surface area contributed by atoms with Gasteiger partial charge >= 0.3 is 0 Å². The quantitative estimate of drug-likeness (QED) is 0.0608. The summed E-state index contributed by atoms with van der Waals surface area (Å²) in [4.78, 5) is 0. The highest BCUT2D eigenvalue weighted by Crippen LogP contribution is 2.05. The lowest BCUT2D eigenvalue weighted by Crippen LogP contribution is -2.24. The molecule has 0 atom stereocenters. The van der Waals surface area contributed by atoms with Gasteiger partial charge in [0.2, 0.25) is 0 Å². The van der Waals surface area contributed by atoms with Crippen molar-refractivity contribution < 1.29 is 4.39 Å². The Bertz CT molecular complexity index is 1650. The Morgan fingerprint density at radius 1 is 0.339 bits per heavy atom. The zero-order chi connectivity index (χ0) is 45.3. The number of hydrogen-bond acceptors (Lipinski definition) is 5. The Labute approximate surface area is 380 Å². The smallest absolute Gasteiger partial charge is 0.123 e. The first-order chi connectivity index (χ1) is 29.1. The van der Waals surface area contributed by atoms with Crippen LogP contribution in [0.15, 0.2) is 133 Å². The highest BCUT2D eigenvalue weighted by Gasteiger charge is 1.98. The molecule has 0 aromatic heterocycles. The van der Waals surface area contributed by atoms with Gasteiger partial charge in [0.1, 0.15) is 5.82 Å². The van der Waals surface area contributed by atoms with E-state index in [1.807, 2.05) is 18.2 Å². The first-order valence-electron chi connectivity index (χ1n) is 22.7. The van der Waals surface area contributed by atoms with Crippen molar-refractivity contribution in [2.75, 3.05) is 19.6 Å². The van der Waals surface area contributed by atoms with Crippen LogP contribution in [0.3, 0.4) is 0 Å². The molecule has 5 rings (SSSR count). The molecule has 0 heterocycles. The molecule has 5 nitrogen and oxygen atoms in total. The summed E-state index contributed by atoms with van der Waals surface area (Å²) < 4.78 is 12.5. The molecular formula is C56H88FN5. The summed E-state index contributed by atoms with van der Waals surface area (Å²) in [5.41, 5.74) is 9.36. The van der Waals surface area contributed by atoms with E-state index in [1.54, 1.807) is 0 Å². The van der Waals surface area contributed by atoms with Crippen LogP contribution in [0.2, 0.25) is 0 Å². The van der Waals surface area contributed by atoms with Crippen molar-refractivity contribution in [2.45, 2.75) is 153 Å². The monoisotopic (exact) mass is 850 g/mol. The number of aryl methyl sites for hydroxylation is 2. The van der Waals surface area contributed by atoms with Crippen LogP contribution >= 0.6 is 0 Å². The van der Waals surface area contributed by atoms with Crippen LogP contribution in [0, 0.1) is 19.7 Å². The van der Waals surface area contributed by atoms with Gasteiger partial charge in [-0.15, -0.1) is 0 Å². The van der Waals surface area contributed by atoms with E-state index in [4.69, 9.17) is 0 Å². The van der Waals surface area contributed by atoms with Crippen molar-refractivity contribution in [3.8, 4) is 0 Å². The van der Waals surface area contributed by atoms with Crippen molar-refractivity contribution >= 4 is 0 Å². The zero-order valence-electron chi connectivity index (χ0n) is 40.1. The van der Waals surface area contributed by atoms with Crippen molar-refractivity contribution in [2.24, 2.45) is 0 Å². The number of hydrogen-bond donors (Lipinski definition) is 5. The molecule has 0 fully saturated rings. The Hall–Kier alpha value is -4.17. The Morgan fingerprint density at radius 2 is 0.597 bits per heavy atom. The molecule has 0 unspecified atom stereocenters. The van der Waals surface area contributed by atoms with E-state index in [1.165, 1.54) is 51.1 Å². The van der Waals surface area contributed by atoms with Crippen molar-refractivity contribution in [1.82, 2.24) is 26.6 Å². The van der Waals surface area contributed by atoms with Gasteiger partial charge in [-0.05, 0) is 92.7 Å². The minimum atomic E-state index is -0.166. The predicted molar refractivity (Wildman–Crippen MR) is 273 cm³/mol. The molecule has 5 aromatic carbocycles. The van der Waals surface area contributed by atoms with Crippen LogP contribution in [-0.4, -0.2) is 49.8 Å². The number of rotatable bonds is 18. The van der Waals surface area contributed by atoms with Gasteiger partial charge in [-0.3, -0.25) is 0 Å². The van der Waals surface area contributed by atoms with Gasteiger partial charge in [-0.25, -0.2) is 4.39 Å². The van der Waals surface area contributed by atoms with Gasteiger partial charge in [0, 0.05) is 43.3 Å². The third-order valence-electron chi connectivity index (χ3n) is 9.17. The molecule has 344 valence electrons. The highest BCUT2D eigenvalue weighted by molar-refractivity contribution is 5.22. The fourth-order valence-electron chi connectivity index (χ4n) is 5.51. The van der Waals surface area contributed by atoms with Crippen molar-refractivity contribution in [1.29, 1.82) is 0 Å². The Kier molecular flexibility index (Phi) is 33.9. The number of halogens is 1. The lowest BCUT2D eigenvalue weighted by molar-refractivity contribution is 0.589. The van der Waals surface area contributed by atoms with Crippen LogP contribution in [0.25, 0.3) is 0 Å². The standard InChI is InChI=1S/C12H19N.C11H16FN.2C11H17N.C10H15N.CH4/c1-10(2)13-9-8-12-6-4-11(3)5-7-12;1-9(2)13-8-7-10-3-5-11(12)6-4-10;1-9(2)12-8-11-6-4-10(3)5-7-11;1-10(2)12-9-8-11-6-4-3-5-7-11;1-9(2)11-8-10-6-4-3-5-7-10;/h4-7,10,13H,8-9H2,1-3H3;3-6,9,13H,7-8H2,1-2H3;4-7,9,12H,8H2,1-3H3;3-7,10,12H,8-9H2,1-2H3;3-7,9,11H,8H2,1-2H3;1H4. The lowest BCUT2D eigenvalue weighted by atomic mass is 10.1. The largest absolute Gasteiger partial charge is 0.314 e. The average molecular weight is 850 g/mol.